The van der Waals surface area contributed by atoms with E-state index in [0.717, 1.165) is 11.3 Å². The molecule has 14 nitrogen and oxygen atoms in total. The van der Waals surface area contributed by atoms with E-state index in [4.69, 9.17) is 0 Å². The summed E-state index contributed by atoms with van der Waals surface area (Å²) in [6.07, 6.45) is 0. The van der Waals surface area contributed by atoms with Gasteiger partial charge in [0.2, 0.25) is 11.0 Å². The Morgan fingerprint density at radius 3 is 1.95 bits per heavy atom. The van der Waals surface area contributed by atoms with Gasteiger partial charge in [-0.25, -0.2) is 23.4 Å². The fraction of sp³-hybridized carbons (Fsp3) is 0.0385. The first-order valence-electron chi connectivity index (χ1n) is 12.1. The second-order valence-corrected chi connectivity index (χ2v) is 12.1. The lowest BCUT2D eigenvalue weighted by Gasteiger charge is -2.22. The van der Waals surface area contributed by atoms with Gasteiger partial charge in [-0.3, -0.25) is 35.2 Å². The number of sulfonamides is 1. The zero-order chi connectivity index (χ0) is 30.7. The van der Waals surface area contributed by atoms with Gasteiger partial charge in [-0.05, 0) is 24.3 Å². The summed E-state index contributed by atoms with van der Waals surface area (Å²) in [6.45, 7) is 1.31. The molecule has 17 heteroatoms. The molecule has 0 radical (unpaired) electrons. The van der Waals surface area contributed by atoms with E-state index in [1.54, 1.807) is 29.0 Å². The van der Waals surface area contributed by atoms with Gasteiger partial charge in [-0.2, -0.15) is 0 Å². The van der Waals surface area contributed by atoms with Crippen molar-refractivity contribution in [3.8, 4) is 22.5 Å². The van der Waals surface area contributed by atoms with Crippen LogP contribution < -0.4 is 15.2 Å². The predicted octanol–water partition coefficient (Wildman–Crippen LogP) is 5.74. The number of thiazole rings is 2. The van der Waals surface area contributed by atoms with Gasteiger partial charge in [0.1, 0.15) is 0 Å². The van der Waals surface area contributed by atoms with Crippen molar-refractivity contribution in [3.63, 3.8) is 0 Å². The lowest BCUT2D eigenvalue weighted by atomic mass is 10.1. The van der Waals surface area contributed by atoms with E-state index >= 15 is 0 Å². The minimum Gasteiger partial charge on any atom is -0.274 e. The molecule has 2 heterocycles. The Balaban J connectivity index is 1.36. The van der Waals surface area contributed by atoms with Crippen molar-refractivity contribution in [1.29, 1.82) is 0 Å². The molecule has 0 unspecified atom stereocenters. The fourth-order valence-corrected chi connectivity index (χ4v) is 6.62. The highest BCUT2D eigenvalue weighted by atomic mass is 32.2. The van der Waals surface area contributed by atoms with Gasteiger partial charge in [0.25, 0.3) is 21.4 Å². The minimum absolute atomic E-state index is 0.0712. The zero-order valence-corrected chi connectivity index (χ0v) is 24.4. The summed E-state index contributed by atoms with van der Waals surface area (Å²) in [5, 5.41) is 27.3. The first kappa shape index (κ1) is 29.2. The summed E-state index contributed by atoms with van der Waals surface area (Å²) in [5.74, 6) is -0.409. The van der Waals surface area contributed by atoms with Gasteiger partial charge in [0.05, 0.1) is 31.8 Å². The summed E-state index contributed by atoms with van der Waals surface area (Å²) >= 11 is 2.20. The topological polar surface area (TPSA) is 191 Å². The third kappa shape index (κ3) is 6.64. The number of nitrogens with one attached hydrogen (secondary N) is 2. The summed E-state index contributed by atoms with van der Waals surface area (Å²) < 4.78 is 28.6. The maximum absolute atomic E-state index is 13.1. The normalized spacial score (nSPS) is 11.1. The molecular formula is C26H19N7O7S3. The van der Waals surface area contributed by atoms with Gasteiger partial charge in [0.15, 0.2) is 5.13 Å². The number of anilines is 3. The molecule has 43 heavy (non-hydrogen) atoms. The number of benzene rings is 3. The first-order chi connectivity index (χ1) is 20.5. The van der Waals surface area contributed by atoms with Crippen molar-refractivity contribution in [1.82, 2.24) is 15.4 Å². The van der Waals surface area contributed by atoms with Crippen molar-refractivity contribution >= 4 is 65.9 Å². The molecule has 2 aromatic heterocycles. The molecule has 0 aliphatic heterocycles. The number of hydrogen-bond acceptors (Lipinski definition) is 12. The van der Waals surface area contributed by atoms with Crippen LogP contribution in [0.5, 0.6) is 0 Å². The van der Waals surface area contributed by atoms with Crippen molar-refractivity contribution in [2.75, 3.05) is 9.73 Å². The van der Waals surface area contributed by atoms with Crippen molar-refractivity contribution < 1.29 is 23.1 Å². The Morgan fingerprint density at radius 2 is 1.40 bits per heavy atom. The third-order valence-corrected chi connectivity index (χ3v) is 8.86. The van der Waals surface area contributed by atoms with Gasteiger partial charge >= 0.3 is 0 Å². The highest BCUT2D eigenvalue weighted by molar-refractivity contribution is 7.93. The van der Waals surface area contributed by atoms with Crippen LogP contribution in [0.15, 0.2) is 88.5 Å². The third-order valence-electron chi connectivity index (χ3n) is 5.79. The van der Waals surface area contributed by atoms with Crippen molar-refractivity contribution in [3.05, 3.63) is 104 Å². The summed E-state index contributed by atoms with van der Waals surface area (Å²) in [6, 6.07) is 17.5. The molecular weight excluding hydrogens is 619 g/mol. The Labute approximate surface area is 251 Å². The van der Waals surface area contributed by atoms with Gasteiger partial charge < -0.3 is 0 Å². The van der Waals surface area contributed by atoms with E-state index in [2.05, 4.69) is 20.1 Å². The zero-order valence-electron chi connectivity index (χ0n) is 21.9. The van der Waals surface area contributed by atoms with Crippen LogP contribution in [0, 0.1) is 20.2 Å². The monoisotopic (exact) mass is 637 g/mol. The van der Waals surface area contributed by atoms with E-state index in [1.165, 1.54) is 77.9 Å². The molecule has 0 bridgehead atoms. The van der Waals surface area contributed by atoms with E-state index < -0.39 is 25.8 Å². The Hall–Kier alpha value is -5.26. The first-order valence-corrected chi connectivity index (χ1v) is 15.4. The van der Waals surface area contributed by atoms with E-state index in [1.807, 2.05) is 0 Å². The number of aromatic nitrogens is 2. The molecule has 0 atom stereocenters. The number of rotatable bonds is 10. The van der Waals surface area contributed by atoms with Crippen LogP contribution in [0.2, 0.25) is 0 Å². The van der Waals surface area contributed by atoms with Crippen LogP contribution in [0.1, 0.15) is 6.92 Å². The number of carbonyl (C=O) groups is 1. The molecule has 0 aliphatic carbocycles. The summed E-state index contributed by atoms with van der Waals surface area (Å²) in [7, 11) is -4.06. The minimum atomic E-state index is -4.06. The lowest BCUT2D eigenvalue weighted by Crippen LogP contribution is -2.37. The molecule has 2 N–H and O–H groups in total. The van der Waals surface area contributed by atoms with E-state index in [0.29, 0.717) is 33.3 Å². The average molecular weight is 638 g/mol. The standard InChI is InChI=1S/C26H19N7O7S3/c1-16(34)29-31(26-28-24(15-42-26)18-5-3-7-21(13-18)33(37)38)19-8-10-22(11-9-19)43(39,40)30-25-27-23(14-41-25)17-4-2-6-20(12-17)32(35)36/h2-15H,1H3,(H,27,30)(H,29,34). The Morgan fingerprint density at radius 1 is 0.837 bits per heavy atom. The highest BCUT2D eigenvalue weighted by Gasteiger charge is 2.21. The lowest BCUT2D eigenvalue weighted by molar-refractivity contribution is -0.385. The van der Waals surface area contributed by atoms with Crippen LogP contribution in [0.25, 0.3) is 22.5 Å². The average Bonchev–Trinajstić information content (AvgIpc) is 3.66. The van der Waals surface area contributed by atoms with E-state index in [9.17, 15) is 33.4 Å². The maximum Gasteiger partial charge on any atom is 0.270 e. The van der Waals surface area contributed by atoms with Gasteiger partial charge in [-0.15, -0.1) is 22.7 Å². The molecule has 0 spiro atoms. The van der Waals surface area contributed by atoms with Crippen LogP contribution >= 0.6 is 22.7 Å². The smallest absolute Gasteiger partial charge is 0.270 e. The molecule has 1 amide bonds. The van der Waals surface area contributed by atoms with Crippen LogP contribution in [0.3, 0.4) is 0 Å². The second-order valence-electron chi connectivity index (χ2n) is 8.77. The summed E-state index contributed by atoms with van der Waals surface area (Å²) in [4.78, 5) is 41.9. The number of amides is 1. The quantitative estimate of drug-likeness (QED) is 0.141. The molecule has 5 aromatic rings. The number of nitrogens with zero attached hydrogens (tertiary/aromatic N) is 5. The van der Waals surface area contributed by atoms with Crippen LogP contribution in [0.4, 0.5) is 27.3 Å². The highest BCUT2D eigenvalue weighted by Crippen LogP contribution is 2.33. The summed E-state index contributed by atoms with van der Waals surface area (Å²) in [5.41, 5.74) is 4.66. The maximum atomic E-state index is 13.1. The van der Waals surface area contributed by atoms with Gasteiger partial charge in [0, 0.05) is 53.1 Å². The largest absolute Gasteiger partial charge is 0.274 e. The molecule has 0 aliphatic rings. The molecule has 3 aromatic carbocycles. The SMILES string of the molecule is CC(=O)NN(c1ccc(S(=O)(=O)Nc2nc(-c3cccc([N+](=O)[O-])c3)cs2)cc1)c1nc(-c2cccc([N+](=O)[O-])c2)cs1. The van der Waals surface area contributed by atoms with Crippen LogP contribution in [-0.2, 0) is 14.8 Å². The molecule has 0 fully saturated rings. The molecule has 0 saturated carbocycles. The number of hydrazine groups is 1. The molecule has 218 valence electrons. The van der Waals surface area contributed by atoms with Crippen molar-refractivity contribution in [2.24, 2.45) is 0 Å². The Bertz CT molecular complexity index is 1960. The van der Waals surface area contributed by atoms with Gasteiger partial charge in [-0.1, -0.05) is 24.3 Å². The number of nitro groups is 2. The predicted molar refractivity (Wildman–Crippen MR) is 162 cm³/mol. The fourth-order valence-electron chi connectivity index (χ4n) is 3.84. The molecule has 5 rings (SSSR count). The number of hydrogen-bond donors (Lipinski definition) is 2. The number of carbonyl (C=O) groups excluding carboxylic acids is 1. The van der Waals surface area contributed by atoms with Crippen molar-refractivity contribution in [2.45, 2.75) is 11.8 Å². The second kappa shape index (κ2) is 11.9. The Kier molecular flexibility index (Phi) is 8.11. The number of non-ortho nitro benzene ring substituents is 2. The number of nitro benzene ring substituents is 2. The van der Waals surface area contributed by atoms with Crippen LogP contribution in [-0.4, -0.2) is 34.1 Å². The molecule has 0 saturated heterocycles. The van der Waals surface area contributed by atoms with E-state index in [-0.39, 0.29) is 21.4 Å².